The van der Waals surface area contributed by atoms with Gasteiger partial charge >= 0.3 is 5.97 Å². The van der Waals surface area contributed by atoms with Gasteiger partial charge in [0.05, 0.1) is 13.0 Å². The summed E-state index contributed by atoms with van der Waals surface area (Å²) < 4.78 is 5.48. The van der Waals surface area contributed by atoms with E-state index in [2.05, 4.69) is 55.7 Å². The first-order valence-corrected chi connectivity index (χ1v) is 23.3. The fraction of sp³-hybridized carbons (Fsp3) is 0.844. The number of allylic oxidation sites excluding steroid dienone is 4. The number of carbonyl (C=O) groups excluding carboxylic acids is 3. The number of ether oxygens (including phenoxy) is 1. The number of rotatable bonds is 39. The Labute approximate surface area is 332 Å². The Balaban J connectivity index is 4.43. The average molecular weight is 764 g/mol. The van der Waals surface area contributed by atoms with Gasteiger partial charge in [0.25, 0.3) is 0 Å². The van der Waals surface area contributed by atoms with Crippen LogP contribution in [-0.4, -0.2) is 74.0 Å². The van der Waals surface area contributed by atoms with Crippen molar-refractivity contribution in [3.8, 4) is 0 Å². The highest BCUT2D eigenvalue weighted by molar-refractivity contribution is 7.99. The van der Waals surface area contributed by atoms with Gasteiger partial charge in [-0.3, -0.25) is 14.4 Å². The van der Waals surface area contributed by atoms with Crippen molar-refractivity contribution in [1.29, 1.82) is 0 Å². The quantitative estimate of drug-likeness (QED) is 0.0368. The second-order valence-electron chi connectivity index (χ2n) is 15.2. The Morgan fingerprint density at radius 2 is 1.15 bits per heavy atom. The van der Waals surface area contributed by atoms with Gasteiger partial charge in [-0.15, -0.1) is 0 Å². The van der Waals surface area contributed by atoms with Gasteiger partial charge in [-0.25, -0.2) is 0 Å². The van der Waals surface area contributed by atoms with Gasteiger partial charge in [-0.2, -0.15) is 11.8 Å². The fourth-order valence-electron chi connectivity index (χ4n) is 6.29. The molecule has 0 aliphatic rings. The van der Waals surface area contributed by atoms with Crippen LogP contribution in [0.1, 0.15) is 188 Å². The maximum atomic E-state index is 13.6. The summed E-state index contributed by atoms with van der Waals surface area (Å²) in [7, 11) is 3.96. The Bertz CT molecular complexity index is 910. The second-order valence-corrected chi connectivity index (χ2v) is 16.4. The largest absolute Gasteiger partial charge is 0.466 e. The molecule has 0 radical (unpaired) electrons. The standard InChI is InChI=1S/C45H85N3O4S/c1-6-9-12-15-17-18-19-20-21-22-23-24-25-26-28-31-38-52-43(49)35-40-53-39-34-42(45(51)46-36-37-48(4)5)47-44(50)41(32-29-14-11-8-3)33-30-27-16-13-10-7-2/h17-18,20-21,41-42H,6-16,19,22-40H2,1-5H3,(H,46,51)(H,47,50)/b18-17+,21-20+. The summed E-state index contributed by atoms with van der Waals surface area (Å²) in [4.78, 5) is 41.1. The van der Waals surface area contributed by atoms with E-state index in [-0.39, 0.29) is 23.7 Å². The molecule has 0 bridgehead atoms. The number of thioether (sulfide) groups is 1. The summed E-state index contributed by atoms with van der Waals surface area (Å²) in [6, 6.07) is -0.560. The molecule has 0 fully saturated rings. The molecule has 310 valence electrons. The molecule has 2 N–H and O–H groups in total. The third kappa shape index (κ3) is 35.6. The van der Waals surface area contributed by atoms with Crippen LogP contribution in [0.4, 0.5) is 0 Å². The SMILES string of the molecule is CCCCC/C=C/C/C=C/CCCCCCCCOC(=O)CCSCCC(NC(=O)C(CCCCCC)CCCCCCCC)C(=O)NCCN(C)C. The molecule has 8 heteroatoms. The molecule has 0 spiro atoms. The van der Waals surface area contributed by atoms with E-state index in [0.717, 1.165) is 64.3 Å². The lowest BCUT2D eigenvalue weighted by molar-refractivity contribution is -0.143. The summed E-state index contributed by atoms with van der Waals surface area (Å²) in [5, 5.41) is 6.19. The molecule has 2 amide bonds. The molecule has 7 nitrogen and oxygen atoms in total. The molecule has 2 atom stereocenters. The lowest BCUT2D eigenvalue weighted by atomic mass is 9.93. The van der Waals surface area contributed by atoms with Crippen LogP contribution < -0.4 is 10.6 Å². The van der Waals surface area contributed by atoms with Crippen LogP contribution in [0.3, 0.4) is 0 Å². The lowest BCUT2D eigenvalue weighted by Gasteiger charge is -2.23. The molecule has 0 saturated carbocycles. The number of esters is 1. The maximum absolute atomic E-state index is 13.6. The molecule has 53 heavy (non-hydrogen) atoms. The van der Waals surface area contributed by atoms with E-state index in [0.29, 0.717) is 37.5 Å². The van der Waals surface area contributed by atoms with E-state index in [1.54, 1.807) is 11.8 Å². The van der Waals surface area contributed by atoms with Gasteiger partial charge in [-0.05, 0) is 77.6 Å². The smallest absolute Gasteiger partial charge is 0.306 e. The second kappa shape index (κ2) is 39.9. The normalized spacial score (nSPS) is 12.9. The first kappa shape index (κ1) is 51.2. The fourth-order valence-corrected chi connectivity index (χ4v) is 7.20. The molecule has 0 aliphatic carbocycles. The zero-order valence-corrected chi connectivity index (χ0v) is 36.2. The third-order valence-corrected chi connectivity index (χ3v) is 10.8. The molecule has 0 aromatic rings. The van der Waals surface area contributed by atoms with Crippen LogP contribution in [0.15, 0.2) is 24.3 Å². The molecule has 0 rings (SSSR count). The molecule has 0 heterocycles. The minimum Gasteiger partial charge on any atom is -0.466 e. The van der Waals surface area contributed by atoms with Gasteiger partial charge in [0.1, 0.15) is 6.04 Å². The van der Waals surface area contributed by atoms with Crippen molar-refractivity contribution in [2.75, 3.05) is 45.3 Å². The van der Waals surface area contributed by atoms with Crippen molar-refractivity contribution in [3.63, 3.8) is 0 Å². The van der Waals surface area contributed by atoms with Gasteiger partial charge in [0.2, 0.25) is 11.8 Å². The number of nitrogens with zero attached hydrogens (tertiary/aromatic N) is 1. The summed E-state index contributed by atoms with van der Waals surface area (Å²) in [6.07, 6.45) is 38.1. The number of hydrogen-bond acceptors (Lipinski definition) is 6. The van der Waals surface area contributed by atoms with Crippen LogP contribution in [0.5, 0.6) is 0 Å². The third-order valence-electron chi connectivity index (χ3n) is 9.78. The number of carbonyl (C=O) groups is 3. The van der Waals surface area contributed by atoms with Gasteiger partial charge < -0.3 is 20.3 Å². The first-order valence-electron chi connectivity index (χ1n) is 22.1. The number of hydrogen-bond donors (Lipinski definition) is 2. The number of unbranched alkanes of at least 4 members (excludes halogenated alkanes) is 17. The zero-order valence-electron chi connectivity index (χ0n) is 35.4. The highest BCUT2D eigenvalue weighted by Crippen LogP contribution is 2.20. The van der Waals surface area contributed by atoms with Crippen molar-refractivity contribution in [3.05, 3.63) is 24.3 Å². The average Bonchev–Trinajstić information content (AvgIpc) is 3.14. The van der Waals surface area contributed by atoms with Crippen LogP contribution in [0, 0.1) is 5.92 Å². The van der Waals surface area contributed by atoms with E-state index in [9.17, 15) is 14.4 Å². The van der Waals surface area contributed by atoms with E-state index >= 15 is 0 Å². The predicted molar refractivity (Wildman–Crippen MR) is 231 cm³/mol. The van der Waals surface area contributed by atoms with E-state index < -0.39 is 6.04 Å². The molecular formula is C45H85N3O4S. The minimum atomic E-state index is -0.560. The first-order chi connectivity index (χ1) is 25.8. The molecular weight excluding hydrogens is 679 g/mol. The molecule has 0 aliphatic heterocycles. The summed E-state index contributed by atoms with van der Waals surface area (Å²) in [5.41, 5.74) is 0. The monoisotopic (exact) mass is 764 g/mol. The van der Waals surface area contributed by atoms with Gasteiger partial charge in [-0.1, -0.05) is 148 Å². The van der Waals surface area contributed by atoms with Crippen molar-refractivity contribution in [1.82, 2.24) is 15.5 Å². The van der Waals surface area contributed by atoms with Crippen LogP contribution in [0.25, 0.3) is 0 Å². The van der Waals surface area contributed by atoms with Crippen molar-refractivity contribution in [2.45, 2.75) is 194 Å². The van der Waals surface area contributed by atoms with Crippen LogP contribution >= 0.6 is 11.8 Å². The van der Waals surface area contributed by atoms with Crippen molar-refractivity contribution >= 4 is 29.5 Å². The predicted octanol–water partition coefficient (Wildman–Crippen LogP) is 11.4. The molecule has 0 saturated heterocycles. The Morgan fingerprint density at radius 1 is 0.623 bits per heavy atom. The van der Waals surface area contributed by atoms with Crippen molar-refractivity contribution < 1.29 is 19.1 Å². The summed E-state index contributed by atoms with van der Waals surface area (Å²) in [5.74, 6) is 1.08. The summed E-state index contributed by atoms with van der Waals surface area (Å²) >= 11 is 1.65. The molecule has 0 aromatic carbocycles. The summed E-state index contributed by atoms with van der Waals surface area (Å²) in [6.45, 7) is 8.48. The number of nitrogens with one attached hydrogen (secondary N) is 2. The number of likely N-dealkylation sites (N-methyl/N-ethyl adjacent to an activating group) is 1. The highest BCUT2D eigenvalue weighted by atomic mass is 32.2. The Hall–Kier alpha value is -1.80. The van der Waals surface area contributed by atoms with E-state index in [1.165, 1.54) is 96.3 Å². The maximum Gasteiger partial charge on any atom is 0.306 e. The van der Waals surface area contributed by atoms with Crippen LogP contribution in [0.2, 0.25) is 0 Å². The van der Waals surface area contributed by atoms with Crippen LogP contribution in [-0.2, 0) is 19.1 Å². The minimum absolute atomic E-state index is 0.0282. The Morgan fingerprint density at radius 3 is 1.77 bits per heavy atom. The highest BCUT2D eigenvalue weighted by Gasteiger charge is 2.25. The van der Waals surface area contributed by atoms with Gasteiger partial charge in [0, 0.05) is 24.8 Å². The lowest BCUT2D eigenvalue weighted by Crippen LogP contribution is -2.49. The molecule has 2 unspecified atom stereocenters. The zero-order chi connectivity index (χ0) is 39.0. The van der Waals surface area contributed by atoms with E-state index in [4.69, 9.17) is 4.74 Å². The van der Waals surface area contributed by atoms with E-state index in [1.807, 2.05) is 19.0 Å². The molecule has 0 aromatic heterocycles. The number of amides is 2. The Kier molecular flexibility index (Phi) is 38.5. The topological polar surface area (TPSA) is 87.7 Å². The van der Waals surface area contributed by atoms with Crippen molar-refractivity contribution in [2.24, 2.45) is 5.92 Å². The van der Waals surface area contributed by atoms with Gasteiger partial charge in [0.15, 0.2) is 0 Å².